The normalized spacial score (nSPS) is 13.7. The minimum Gasteiger partial charge on any atom is -0.508 e. The van der Waals surface area contributed by atoms with E-state index in [1.165, 1.54) is 23.9 Å². The molecule has 11 nitrogen and oxygen atoms in total. The molecule has 0 heterocycles. The van der Waals surface area contributed by atoms with Crippen molar-refractivity contribution in [3.05, 3.63) is 65.2 Å². The van der Waals surface area contributed by atoms with Crippen LogP contribution in [0, 0.1) is 12.8 Å². The van der Waals surface area contributed by atoms with Gasteiger partial charge < -0.3 is 31.5 Å². The fourth-order valence-corrected chi connectivity index (χ4v) is 4.84. The lowest BCUT2D eigenvalue weighted by molar-refractivity contribution is -0.142. The SMILES string of the molecule is CSCC[C@H](NC=O)C(=O)N[C@@H](CC(C)C)C(=O)N[C@@H](Cc1ccc(C)cc1)C(=O)NC(Cc1ccc(O)cc1)C(=O)O. The summed E-state index contributed by atoms with van der Waals surface area (Å²) in [5, 5.41) is 29.9. The van der Waals surface area contributed by atoms with Crippen molar-refractivity contribution >= 4 is 41.9 Å². The molecule has 0 aromatic heterocycles. The monoisotopic (exact) mass is 614 g/mol. The molecule has 6 N–H and O–H groups in total. The Morgan fingerprint density at radius 2 is 1.28 bits per heavy atom. The number of nitrogens with one attached hydrogen (secondary N) is 4. The summed E-state index contributed by atoms with van der Waals surface area (Å²) in [4.78, 5) is 63.2. The molecule has 0 radical (unpaired) electrons. The predicted octanol–water partition coefficient (Wildman–Crippen LogP) is 1.94. The molecule has 4 atom stereocenters. The Balaban J connectivity index is 2.29. The van der Waals surface area contributed by atoms with Gasteiger partial charge in [0, 0.05) is 12.8 Å². The van der Waals surface area contributed by atoms with Gasteiger partial charge in [-0.05, 0) is 61.0 Å². The highest BCUT2D eigenvalue weighted by Gasteiger charge is 2.31. The first-order valence-corrected chi connectivity index (χ1v) is 15.5. The molecule has 2 aromatic rings. The van der Waals surface area contributed by atoms with Crippen molar-refractivity contribution in [2.75, 3.05) is 12.0 Å². The standard InChI is InChI=1S/C31H42N4O7S/c1-19(2)15-25(33-28(38)24(32-18-36)13-14-43-4)29(39)34-26(16-21-7-5-20(3)6-8-21)30(40)35-27(31(41)42)17-22-9-11-23(37)12-10-22/h5-12,18-19,24-27,37H,13-17H2,1-4H3,(H,32,36)(H,33,38)(H,34,39)(H,35,40)(H,41,42)/t24-,25-,26-,27?/m0/s1. The number of benzene rings is 2. The van der Waals surface area contributed by atoms with Crippen molar-refractivity contribution in [2.45, 2.75) is 70.6 Å². The summed E-state index contributed by atoms with van der Waals surface area (Å²) < 4.78 is 0. The van der Waals surface area contributed by atoms with Gasteiger partial charge in [-0.25, -0.2) is 4.79 Å². The molecule has 234 valence electrons. The number of carbonyl (C=O) groups excluding carboxylic acids is 4. The van der Waals surface area contributed by atoms with Crippen LogP contribution in [-0.4, -0.2) is 76.5 Å². The second kappa shape index (κ2) is 17.8. The first-order valence-electron chi connectivity index (χ1n) is 14.1. The Morgan fingerprint density at radius 1 is 0.791 bits per heavy atom. The summed E-state index contributed by atoms with van der Waals surface area (Å²) in [6, 6.07) is 9.09. The molecule has 0 saturated heterocycles. The van der Waals surface area contributed by atoms with E-state index in [0.29, 0.717) is 24.1 Å². The van der Waals surface area contributed by atoms with Gasteiger partial charge >= 0.3 is 5.97 Å². The number of rotatable bonds is 18. The molecule has 43 heavy (non-hydrogen) atoms. The zero-order chi connectivity index (χ0) is 31.9. The number of aliphatic carboxylic acids is 1. The zero-order valence-electron chi connectivity index (χ0n) is 25.0. The molecule has 0 saturated carbocycles. The number of thioether (sulfide) groups is 1. The van der Waals surface area contributed by atoms with E-state index in [1.54, 1.807) is 12.1 Å². The molecule has 2 aromatic carbocycles. The molecule has 0 fully saturated rings. The maximum atomic E-state index is 13.6. The smallest absolute Gasteiger partial charge is 0.326 e. The van der Waals surface area contributed by atoms with Gasteiger partial charge in [0.15, 0.2) is 0 Å². The molecule has 4 amide bonds. The number of carbonyl (C=O) groups is 5. The summed E-state index contributed by atoms with van der Waals surface area (Å²) in [6.45, 7) is 5.69. The van der Waals surface area contributed by atoms with E-state index in [0.717, 1.165) is 11.1 Å². The molecule has 1 unspecified atom stereocenters. The summed E-state index contributed by atoms with van der Waals surface area (Å²) in [7, 11) is 0. The van der Waals surface area contributed by atoms with Crippen LogP contribution in [0.15, 0.2) is 48.5 Å². The molecule has 0 aliphatic heterocycles. The largest absolute Gasteiger partial charge is 0.508 e. The maximum Gasteiger partial charge on any atom is 0.326 e. The van der Waals surface area contributed by atoms with Gasteiger partial charge in [-0.15, -0.1) is 0 Å². The van der Waals surface area contributed by atoms with Gasteiger partial charge in [-0.2, -0.15) is 11.8 Å². The van der Waals surface area contributed by atoms with Crippen LogP contribution in [-0.2, 0) is 36.8 Å². The van der Waals surface area contributed by atoms with Crippen LogP contribution in [0.5, 0.6) is 5.75 Å². The molecular formula is C31H42N4O7S. The molecule has 0 aliphatic carbocycles. The van der Waals surface area contributed by atoms with Crippen molar-refractivity contribution in [1.82, 2.24) is 21.3 Å². The zero-order valence-corrected chi connectivity index (χ0v) is 25.8. The number of phenolic OH excluding ortho intramolecular Hbond substituents is 1. The van der Waals surface area contributed by atoms with Gasteiger partial charge in [0.2, 0.25) is 24.1 Å². The molecule has 0 spiro atoms. The number of hydrogen-bond donors (Lipinski definition) is 6. The highest BCUT2D eigenvalue weighted by molar-refractivity contribution is 7.98. The lowest BCUT2D eigenvalue weighted by atomic mass is 9.99. The second-order valence-electron chi connectivity index (χ2n) is 10.8. The summed E-state index contributed by atoms with van der Waals surface area (Å²) in [6.07, 6.45) is 3.00. The number of hydrogen-bond acceptors (Lipinski definition) is 7. The first kappa shape index (κ1) is 35.1. The van der Waals surface area contributed by atoms with Crippen LogP contribution in [0.25, 0.3) is 0 Å². The molecule has 0 aliphatic rings. The third-order valence-electron chi connectivity index (χ3n) is 6.72. The van der Waals surface area contributed by atoms with E-state index in [-0.39, 0.29) is 30.9 Å². The Bertz CT molecular complexity index is 1220. The number of phenols is 1. The van der Waals surface area contributed by atoms with Crippen LogP contribution in [0.3, 0.4) is 0 Å². The highest BCUT2D eigenvalue weighted by atomic mass is 32.2. The van der Waals surface area contributed by atoms with Crippen LogP contribution in [0.2, 0.25) is 0 Å². The summed E-state index contributed by atoms with van der Waals surface area (Å²) in [5.41, 5.74) is 2.34. The van der Waals surface area contributed by atoms with Gasteiger partial charge in [0.1, 0.15) is 29.9 Å². The van der Waals surface area contributed by atoms with Gasteiger partial charge in [-0.3, -0.25) is 19.2 Å². The molecule has 12 heteroatoms. The Labute approximate surface area is 256 Å². The third kappa shape index (κ3) is 12.4. The molecule has 2 rings (SSSR count). The van der Waals surface area contributed by atoms with E-state index in [4.69, 9.17) is 0 Å². The van der Waals surface area contributed by atoms with E-state index in [9.17, 15) is 34.2 Å². The van der Waals surface area contributed by atoms with Crippen LogP contribution in [0.1, 0.15) is 43.4 Å². The highest BCUT2D eigenvalue weighted by Crippen LogP contribution is 2.13. The van der Waals surface area contributed by atoms with Crippen molar-refractivity contribution in [1.29, 1.82) is 0 Å². The molecule has 0 bridgehead atoms. The van der Waals surface area contributed by atoms with Gasteiger partial charge in [0.05, 0.1) is 0 Å². The maximum absolute atomic E-state index is 13.6. The number of aromatic hydroxyl groups is 1. The van der Waals surface area contributed by atoms with Crippen LogP contribution >= 0.6 is 11.8 Å². The fraction of sp³-hybridized carbons (Fsp3) is 0.452. The first-order chi connectivity index (χ1) is 20.4. The Kier molecular flexibility index (Phi) is 14.5. The fourth-order valence-electron chi connectivity index (χ4n) is 4.36. The Morgan fingerprint density at radius 3 is 1.81 bits per heavy atom. The van der Waals surface area contributed by atoms with Gasteiger partial charge in [0.25, 0.3) is 0 Å². The minimum absolute atomic E-state index is 0.00537. The van der Waals surface area contributed by atoms with Crippen LogP contribution in [0.4, 0.5) is 0 Å². The number of amides is 4. The number of aryl methyl sites for hydroxylation is 1. The number of carboxylic acid groups (broad SMARTS) is 1. The quantitative estimate of drug-likeness (QED) is 0.138. The van der Waals surface area contributed by atoms with Gasteiger partial charge in [-0.1, -0.05) is 55.8 Å². The molecular weight excluding hydrogens is 572 g/mol. The average molecular weight is 615 g/mol. The van der Waals surface area contributed by atoms with E-state index >= 15 is 0 Å². The topological polar surface area (TPSA) is 174 Å². The van der Waals surface area contributed by atoms with E-state index in [2.05, 4.69) is 21.3 Å². The lowest BCUT2D eigenvalue weighted by Crippen LogP contribution is -2.58. The number of carboxylic acids is 1. The van der Waals surface area contributed by atoms with E-state index < -0.39 is 47.9 Å². The Hall–Kier alpha value is -4.06. The van der Waals surface area contributed by atoms with Crippen LogP contribution < -0.4 is 21.3 Å². The van der Waals surface area contributed by atoms with Crippen molar-refractivity contribution in [3.63, 3.8) is 0 Å². The van der Waals surface area contributed by atoms with E-state index in [1.807, 2.05) is 51.3 Å². The average Bonchev–Trinajstić information content (AvgIpc) is 2.95. The predicted molar refractivity (Wildman–Crippen MR) is 166 cm³/mol. The third-order valence-corrected chi connectivity index (χ3v) is 7.36. The minimum atomic E-state index is -1.30. The van der Waals surface area contributed by atoms with Crippen molar-refractivity contribution < 1.29 is 34.2 Å². The van der Waals surface area contributed by atoms with Crippen molar-refractivity contribution in [3.8, 4) is 5.75 Å². The van der Waals surface area contributed by atoms with Crippen molar-refractivity contribution in [2.24, 2.45) is 5.92 Å². The summed E-state index contributed by atoms with van der Waals surface area (Å²) >= 11 is 1.52. The second-order valence-corrected chi connectivity index (χ2v) is 11.8. The summed E-state index contributed by atoms with van der Waals surface area (Å²) in [5.74, 6) is -2.42. The lowest BCUT2D eigenvalue weighted by Gasteiger charge is -2.26.